The highest BCUT2D eigenvalue weighted by molar-refractivity contribution is 7.89. The molecule has 29 heavy (non-hydrogen) atoms. The second-order valence-corrected chi connectivity index (χ2v) is 10.2. The molecule has 2 aromatic carbocycles. The highest BCUT2D eigenvalue weighted by Crippen LogP contribution is 2.32. The van der Waals surface area contributed by atoms with Gasteiger partial charge in [-0.15, -0.1) is 0 Å². The van der Waals surface area contributed by atoms with Gasteiger partial charge in [-0.2, -0.15) is 4.31 Å². The van der Waals surface area contributed by atoms with E-state index in [-0.39, 0.29) is 17.5 Å². The number of halogens is 2. The molecule has 1 fully saturated rings. The summed E-state index contributed by atoms with van der Waals surface area (Å²) in [6.07, 6.45) is 1.23. The lowest BCUT2D eigenvalue weighted by molar-refractivity contribution is -0.120. The topological polar surface area (TPSA) is 66.5 Å². The number of hydrogen-bond donors (Lipinski definition) is 1. The summed E-state index contributed by atoms with van der Waals surface area (Å²) in [5, 5.41) is 3.41. The van der Waals surface area contributed by atoms with Crippen LogP contribution in [0.3, 0.4) is 0 Å². The summed E-state index contributed by atoms with van der Waals surface area (Å²) in [6, 6.07) is 8.75. The van der Waals surface area contributed by atoms with Gasteiger partial charge in [-0.25, -0.2) is 8.42 Å². The van der Waals surface area contributed by atoms with Crippen molar-refractivity contribution >= 4 is 44.8 Å². The van der Waals surface area contributed by atoms with Gasteiger partial charge in [-0.05, 0) is 56.9 Å². The van der Waals surface area contributed by atoms with Gasteiger partial charge in [0.15, 0.2) is 0 Å². The number of rotatable bonds is 4. The lowest BCUT2D eigenvalue weighted by Crippen LogP contribution is -2.44. The minimum atomic E-state index is -3.69. The summed E-state index contributed by atoms with van der Waals surface area (Å²) in [4.78, 5) is 13.1. The van der Waals surface area contributed by atoms with Crippen molar-refractivity contribution in [2.75, 3.05) is 18.4 Å². The number of sulfonamides is 1. The van der Waals surface area contributed by atoms with E-state index >= 15 is 0 Å². The first-order chi connectivity index (χ1) is 13.6. The Bertz CT molecular complexity index is 1030. The van der Waals surface area contributed by atoms with Gasteiger partial charge in [0.1, 0.15) is 0 Å². The fourth-order valence-corrected chi connectivity index (χ4v) is 6.20. The van der Waals surface area contributed by atoms with E-state index in [0.717, 1.165) is 16.7 Å². The minimum Gasteiger partial charge on any atom is -0.324 e. The Morgan fingerprint density at radius 2 is 1.79 bits per heavy atom. The molecule has 5 nitrogen and oxygen atoms in total. The minimum absolute atomic E-state index is 0.138. The van der Waals surface area contributed by atoms with Gasteiger partial charge in [-0.3, -0.25) is 4.79 Å². The molecule has 0 unspecified atom stereocenters. The third kappa shape index (κ3) is 4.61. The number of carbonyl (C=O) groups is 1. The van der Waals surface area contributed by atoms with Gasteiger partial charge in [0.2, 0.25) is 15.9 Å². The summed E-state index contributed by atoms with van der Waals surface area (Å²) in [6.45, 7) is 6.10. The second-order valence-electron chi connectivity index (χ2n) is 7.52. The van der Waals surface area contributed by atoms with Crippen molar-refractivity contribution in [2.45, 2.75) is 38.5 Å². The largest absolute Gasteiger partial charge is 0.324 e. The SMILES string of the molecule is Cc1cc(C)c(S(=O)(=O)N2CCC[C@H](C(=O)Nc3cccc(Cl)c3Cl)C2)c(C)c1. The maximum absolute atomic E-state index is 13.3. The summed E-state index contributed by atoms with van der Waals surface area (Å²) >= 11 is 12.2. The zero-order valence-corrected chi connectivity index (χ0v) is 19.0. The maximum atomic E-state index is 13.3. The Labute approximate surface area is 182 Å². The Morgan fingerprint density at radius 3 is 2.45 bits per heavy atom. The van der Waals surface area contributed by atoms with Gasteiger partial charge in [0.05, 0.1) is 26.5 Å². The van der Waals surface area contributed by atoms with Gasteiger partial charge in [-0.1, -0.05) is 47.0 Å². The molecule has 1 N–H and O–H groups in total. The number of nitrogens with zero attached hydrogens (tertiary/aromatic N) is 1. The average molecular weight is 455 g/mol. The number of nitrogens with one attached hydrogen (secondary N) is 1. The second kappa shape index (κ2) is 8.64. The van der Waals surface area contributed by atoms with Crippen LogP contribution in [0.2, 0.25) is 10.0 Å². The molecule has 1 atom stereocenters. The molecule has 8 heteroatoms. The number of hydrogen-bond acceptors (Lipinski definition) is 3. The highest BCUT2D eigenvalue weighted by atomic mass is 35.5. The number of anilines is 1. The van der Waals surface area contributed by atoms with E-state index in [2.05, 4.69) is 5.32 Å². The standard InChI is InChI=1S/C21H24Cl2N2O3S/c1-13-10-14(2)20(15(3)11-13)29(27,28)25-9-5-6-16(12-25)21(26)24-18-8-4-7-17(22)19(18)23/h4,7-8,10-11,16H,5-6,9,12H2,1-3H3,(H,24,26)/t16-/m0/s1. The van der Waals surface area contributed by atoms with Crippen LogP contribution >= 0.6 is 23.2 Å². The van der Waals surface area contributed by atoms with E-state index in [1.54, 1.807) is 18.2 Å². The Balaban J connectivity index is 1.81. The van der Waals surface area contributed by atoms with Gasteiger partial charge >= 0.3 is 0 Å². The molecule has 1 heterocycles. The zero-order valence-electron chi connectivity index (χ0n) is 16.6. The number of carbonyl (C=O) groups excluding carboxylic acids is 1. The van der Waals surface area contributed by atoms with Crippen LogP contribution in [0.4, 0.5) is 5.69 Å². The van der Waals surface area contributed by atoms with E-state index in [9.17, 15) is 13.2 Å². The van der Waals surface area contributed by atoms with E-state index in [0.29, 0.717) is 35.0 Å². The monoisotopic (exact) mass is 454 g/mol. The zero-order chi connectivity index (χ0) is 21.3. The third-order valence-corrected chi connectivity index (χ3v) is 8.16. The molecule has 0 aliphatic carbocycles. The molecule has 0 radical (unpaired) electrons. The molecule has 1 aliphatic heterocycles. The van der Waals surface area contributed by atoms with Crippen LogP contribution < -0.4 is 5.32 Å². The summed E-state index contributed by atoms with van der Waals surface area (Å²) in [5.74, 6) is -0.717. The molecule has 0 bridgehead atoms. The van der Waals surface area contributed by atoms with Crippen molar-refractivity contribution in [2.24, 2.45) is 5.92 Å². The first kappa shape index (κ1) is 22.1. The molecule has 3 rings (SSSR count). The van der Waals surface area contributed by atoms with Gasteiger partial charge < -0.3 is 5.32 Å². The fourth-order valence-electron chi connectivity index (χ4n) is 3.91. The van der Waals surface area contributed by atoms with Crippen molar-refractivity contribution in [1.82, 2.24) is 4.31 Å². The molecule has 0 aromatic heterocycles. The van der Waals surface area contributed by atoms with Crippen LogP contribution in [0, 0.1) is 26.7 Å². The molecule has 1 aliphatic rings. The van der Waals surface area contributed by atoms with E-state index < -0.39 is 15.9 Å². The predicted molar refractivity (Wildman–Crippen MR) is 117 cm³/mol. The average Bonchev–Trinajstić information content (AvgIpc) is 2.64. The quantitative estimate of drug-likeness (QED) is 0.709. The summed E-state index contributed by atoms with van der Waals surface area (Å²) < 4.78 is 28.1. The van der Waals surface area contributed by atoms with Crippen molar-refractivity contribution in [3.63, 3.8) is 0 Å². The number of aryl methyl sites for hydroxylation is 3. The highest BCUT2D eigenvalue weighted by Gasteiger charge is 2.35. The summed E-state index contributed by atoms with van der Waals surface area (Å²) in [5.41, 5.74) is 2.89. The Hall–Kier alpha value is -1.60. The van der Waals surface area contributed by atoms with Gasteiger partial charge in [0, 0.05) is 13.1 Å². The normalized spacial score (nSPS) is 17.9. The van der Waals surface area contributed by atoms with E-state index in [1.807, 2.05) is 32.9 Å². The fraction of sp³-hybridized carbons (Fsp3) is 0.381. The molecule has 1 amide bonds. The van der Waals surface area contributed by atoms with E-state index in [4.69, 9.17) is 23.2 Å². The first-order valence-corrected chi connectivity index (χ1v) is 11.6. The lowest BCUT2D eigenvalue weighted by atomic mass is 9.98. The molecule has 0 saturated carbocycles. The molecule has 1 saturated heterocycles. The molecule has 156 valence electrons. The lowest BCUT2D eigenvalue weighted by Gasteiger charge is -2.32. The maximum Gasteiger partial charge on any atom is 0.243 e. The van der Waals surface area contributed by atoms with Crippen LogP contribution in [0.15, 0.2) is 35.2 Å². The van der Waals surface area contributed by atoms with E-state index in [1.165, 1.54) is 4.31 Å². The number of amides is 1. The van der Waals surface area contributed by atoms with Crippen molar-refractivity contribution < 1.29 is 13.2 Å². The van der Waals surface area contributed by atoms with Crippen molar-refractivity contribution in [3.05, 3.63) is 57.1 Å². The van der Waals surface area contributed by atoms with Crippen LogP contribution in [0.25, 0.3) is 0 Å². The van der Waals surface area contributed by atoms with Crippen LogP contribution in [-0.2, 0) is 14.8 Å². The van der Waals surface area contributed by atoms with Crippen molar-refractivity contribution in [3.8, 4) is 0 Å². The molecule has 0 spiro atoms. The Morgan fingerprint density at radius 1 is 1.14 bits per heavy atom. The number of piperidine rings is 1. The first-order valence-electron chi connectivity index (χ1n) is 9.44. The van der Waals surface area contributed by atoms with Crippen LogP contribution in [0.1, 0.15) is 29.5 Å². The third-order valence-electron chi connectivity index (χ3n) is 5.17. The molecular weight excluding hydrogens is 431 g/mol. The summed E-state index contributed by atoms with van der Waals surface area (Å²) in [7, 11) is -3.69. The molecular formula is C21H24Cl2N2O3S. The van der Waals surface area contributed by atoms with Crippen LogP contribution in [-0.4, -0.2) is 31.7 Å². The predicted octanol–water partition coefficient (Wildman–Crippen LogP) is 4.96. The smallest absolute Gasteiger partial charge is 0.243 e. The van der Waals surface area contributed by atoms with Crippen LogP contribution in [0.5, 0.6) is 0 Å². The van der Waals surface area contributed by atoms with Gasteiger partial charge in [0.25, 0.3) is 0 Å². The molecule has 2 aromatic rings. The Kier molecular flexibility index (Phi) is 6.58. The van der Waals surface area contributed by atoms with Crippen molar-refractivity contribution in [1.29, 1.82) is 0 Å². The number of benzene rings is 2.